The van der Waals surface area contributed by atoms with Crippen molar-refractivity contribution in [3.8, 4) is 17.2 Å². The number of anilines is 1. The zero-order valence-corrected chi connectivity index (χ0v) is 28.7. The lowest BCUT2D eigenvalue weighted by molar-refractivity contribution is -0.130. The molecular formula is C41H46N4O4. The average Bonchev–Trinajstić information content (AvgIpc) is 3.48. The van der Waals surface area contributed by atoms with E-state index >= 15 is 0 Å². The molecular weight excluding hydrogens is 612 g/mol. The summed E-state index contributed by atoms with van der Waals surface area (Å²) in [7, 11) is 0. The first kappa shape index (κ1) is 34.0. The van der Waals surface area contributed by atoms with Gasteiger partial charge in [-0.15, -0.1) is 0 Å². The van der Waals surface area contributed by atoms with Crippen LogP contribution >= 0.6 is 0 Å². The molecule has 8 heteroatoms. The van der Waals surface area contributed by atoms with Gasteiger partial charge in [0.2, 0.25) is 5.91 Å². The van der Waals surface area contributed by atoms with E-state index in [0.29, 0.717) is 29.2 Å². The predicted molar refractivity (Wildman–Crippen MR) is 196 cm³/mol. The van der Waals surface area contributed by atoms with Crippen LogP contribution < -0.4 is 10.1 Å². The maximum atomic E-state index is 13.2. The normalized spacial score (nSPS) is 13.8. The second-order valence-corrected chi connectivity index (χ2v) is 12.9. The fourth-order valence-electron chi connectivity index (χ4n) is 6.54. The van der Waals surface area contributed by atoms with Crippen molar-refractivity contribution < 1.29 is 19.4 Å². The average molecular weight is 659 g/mol. The molecule has 1 aliphatic rings. The number of likely N-dealkylation sites (tertiary alicyclic amines) is 1. The molecule has 0 saturated carbocycles. The van der Waals surface area contributed by atoms with Crippen molar-refractivity contribution in [1.82, 2.24) is 14.4 Å². The Morgan fingerprint density at radius 1 is 0.939 bits per heavy atom. The molecule has 0 unspecified atom stereocenters. The molecule has 2 amide bonds. The molecule has 0 aliphatic carbocycles. The van der Waals surface area contributed by atoms with Crippen molar-refractivity contribution in [2.24, 2.45) is 0 Å². The van der Waals surface area contributed by atoms with Gasteiger partial charge in [-0.3, -0.25) is 14.5 Å². The standard InChI is InChI=1S/C41H46N4O4/c1-4-22-44(5-2)40(47)26-30-10-17-36(18-11-30)49-39-19-14-33(25-29(39)3)42-41(48)31-12-15-34(16-13-31)45-28-32(37-8-6-7-9-38(37)45)27-43-23-20-35(46)21-24-43/h6-19,25,28,35,46H,4-5,20-24,26-27H2,1-3H3,(H,42,48). The van der Waals surface area contributed by atoms with E-state index in [9.17, 15) is 14.7 Å². The second-order valence-electron chi connectivity index (χ2n) is 12.9. The number of aliphatic hydroxyl groups excluding tert-OH is 1. The van der Waals surface area contributed by atoms with Crippen LogP contribution in [-0.4, -0.2) is 63.6 Å². The quantitative estimate of drug-likeness (QED) is 0.143. The van der Waals surface area contributed by atoms with E-state index in [2.05, 4.69) is 52.2 Å². The molecule has 0 radical (unpaired) electrons. The summed E-state index contributed by atoms with van der Waals surface area (Å²) in [4.78, 5) is 30.1. The Kier molecular flexibility index (Phi) is 10.8. The molecule has 2 N–H and O–H groups in total. The molecule has 1 fully saturated rings. The van der Waals surface area contributed by atoms with Crippen molar-refractivity contribution in [2.45, 2.75) is 59.1 Å². The zero-order chi connectivity index (χ0) is 34.3. The number of carbonyl (C=O) groups excluding carboxylic acids is 2. The number of aryl methyl sites for hydroxylation is 1. The number of piperidine rings is 1. The number of carbonyl (C=O) groups is 2. The van der Waals surface area contributed by atoms with Crippen LogP contribution in [0.5, 0.6) is 11.5 Å². The Bertz CT molecular complexity index is 1890. The van der Waals surface area contributed by atoms with Crippen LogP contribution in [0, 0.1) is 6.92 Å². The number of rotatable bonds is 12. The largest absolute Gasteiger partial charge is 0.457 e. The highest BCUT2D eigenvalue weighted by Crippen LogP contribution is 2.29. The molecule has 0 atom stereocenters. The number of fused-ring (bicyclic) bond motifs is 1. The molecule has 4 aromatic carbocycles. The van der Waals surface area contributed by atoms with Crippen LogP contribution in [0.2, 0.25) is 0 Å². The van der Waals surface area contributed by atoms with E-state index in [1.165, 1.54) is 10.9 Å². The van der Waals surface area contributed by atoms with Gasteiger partial charge in [0, 0.05) is 61.2 Å². The highest BCUT2D eigenvalue weighted by molar-refractivity contribution is 6.04. The minimum Gasteiger partial charge on any atom is -0.457 e. The Labute approximate surface area is 288 Å². The smallest absolute Gasteiger partial charge is 0.255 e. The third-order valence-electron chi connectivity index (χ3n) is 9.32. The van der Waals surface area contributed by atoms with Crippen LogP contribution in [0.15, 0.2) is 97.2 Å². The number of likely N-dealkylation sites (N-methyl/N-ethyl adjacent to an activating group) is 1. The Morgan fingerprint density at radius 3 is 2.37 bits per heavy atom. The monoisotopic (exact) mass is 658 g/mol. The second kappa shape index (κ2) is 15.5. The van der Waals surface area contributed by atoms with Crippen LogP contribution in [0.25, 0.3) is 16.6 Å². The first-order chi connectivity index (χ1) is 23.8. The number of amides is 2. The van der Waals surface area contributed by atoms with E-state index < -0.39 is 0 Å². The number of hydrogen-bond acceptors (Lipinski definition) is 5. The maximum absolute atomic E-state index is 13.2. The van der Waals surface area contributed by atoms with Crippen LogP contribution in [0.1, 0.15) is 60.2 Å². The molecule has 1 aromatic heterocycles. The van der Waals surface area contributed by atoms with Gasteiger partial charge in [0.1, 0.15) is 11.5 Å². The molecule has 1 saturated heterocycles. The Morgan fingerprint density at radius 2 is 1.67 bits per heavy atom. The number of benzene rings is 4. The minimum absolute atomic E-state index is 0.137. The van der Waals surface area contributed by atoms with Gasteiger partial charge in [-0.05, 0) is 110 Å². The van der Waals surface area contributed by atoms with Crippen LogP contribution in [0.3, 0.4) is 0 Å². The summed E-state index contributed by atoms with van der Waals surface area (Å²) in [6.07, 6.45) is 4.96. The molecule has 5 aromatic rings. The molecule has 0 bridgehead atoms. The molecule has 2 heterocycles. The summed E-state index contributed by atoms with van der Waals surface area (Å²) in [5, 5.41) is 14.1. The Hall–Kier alpha value is -4.92. The van der Waals surface area contributed by atoms with Gasteiger partial charge in [0.25, 0.3) is 5.91 Å². The summed E-state index contributed by atoms with van der Waals surface area (Å²) < 4.78 is 8.32. The lowest BCUT2D eigenvalue weighted by Crippen LogP contribution is -2.35. The van der Waals surface area contributed by atoms with Gasteiger partial charge in [-0.2, -0.15) is 0 Å². The number of ether oxygens (including phenoxy) is 1. The highest BCUT2D eigenvalue weighted by Gasteiger charge is 2.19. The fourth-order valence-corrected chi connectivity index (χ4v) is 6.54. The summed E-state index contributed by atoms with van der Waals surface area (Å²) in [6.45, 7) is 10.2. The number of aromatic nitrogens is 1. The van der Waals surface area contributed by atoms with E-state index in [-0.39, 0.29) is 17.9 Å². The van der Waals surface area contributed by atoms with Crippen LogP contribution in [-0.2, 0) is 17.8 Å². The first-order valence-corrected chi connectivity index (χ1v) is 17.4. The van der Waals surface area contributed by atoms with E-state index in [4.69, 9.17) is 4.74 Å². The van der Waals surface area contributed by atoms with Crippen molar-refractivity contribution in [2.75, 3.05) is 31.5 Å². The number of para-hydroxylation sites is 1. The third-order valence-corrected chi connectivity index (χ3v) is 9.32. The number of nitrogens with zero attached hydrogens (tertiary/aromatic N) is 3. The SMILES string of the molecule is CCCN(CC)C(=O)Cc1ccc(Oc2ccc(NC(=O)c3ccc(-n4cc(CN5CCC(O)CC5)c5ccccc54)cc3)cc2C)cc1. The fraction of sp³-hybridized carbons (Fsp3) is 0.317. The molecule has 1 aliphatic heterocycles. The zero-order valence-electron chi connectivity index (χ0n) is 28.7. The first-order valence-electron chi connectivity index (χ1n) is 17.4. The number of nitrogens with one attached hydrogen (secondary N) is 1. The molecule has 49 heavy (non-hydrogen) atoms. The van der Waals surface area contributed by atoms with Gasteiger partial charge >= 0.3 is 0 Å². The minimum atomic E-state index is -0.187. The van der Waals surface area contributed by atoms with Crippen molar-refractivity contribution >= 4 is 28.4 Å². The maximum Gasteiger partial charge on any atom is 0.255 e. The van der Waals surface area contributed by atoms with Gasteiger partial charge < -0.3 is 24.6 Å². The van der Waals surface area contributed by atoms with Gasteiger partial charge in [0.15, 0.2) is 0 Å². The number of aliphatic hydroxyl groups is 1. The van der Waals surface area contributed by atoms with Crippen molar-refractivity contribution in [3.63, 3.8) is 0 Å². The lowest BCUT2D eigenvalue weighted by atomic mass is 10.1. The Balaban J connectivity index is 1.08. The highest BCUT2D eigenvalue weighted by atomic mass is 16.5. The molecule has 0 spiro atoms. The van der Waals surface area contributed by atoms with Crippen LogP contribution in [0.4, 0.5) is 5.69 Å². The molecule has 8 nitrogen and oxygen atoms in total. The summed E-state index contributed by atoms with van der Waals surface area (Å²) in [5.74, 6) is 1.33. The van der Waals surface area contributed by atoms with E-state index in [0.717, 1.165) is 74.3 Å². The molecule has 6 rings (SSSR count). The van der Waals surface area contributed by atoms with Gasteiger partial charge in [-0.1, -0.05) is 37.3 Å². The topological polar surface area (TPSA) is 87.0 Å². The lowest BCUT2D eigenvalue weighted by Gasteiger charge is -2.29. The third kappa shape index (κ3) is 8.21. The van der Waals surface area contributed by atoms with E-state index in [1.807, 2.05) is 85.5 Å². The summed E-state index contributed by atoms with van der Waals surface area (Å²) >= 11 is 0. The van der Waals surface area contributed by atoms with Crippen molar-refractivity contribution in [3.05, 3.63) is 119 Å². The van der Waals surface area contributed by atoms with Gasteiger partial charge in [0.05, 0.1) is 18.0 Å². The van der Waals surface area contributed by atoms with Gasteiger partial charge in [-0.25, -0.2) is 0 Å². The predicted octanol–water partition coefficient (Wildman–Crippen LogP) is 7.74. The summed E-state index contributed by atoms with van der Waals surface area (Å²) in [5.41, 5.74) is 6.47. The van der Waals surface area contributed by atoms with Crippen molar-refractivity contribution in [1.29, 1.82) is 0 Å². The summed E-state index contributed by atoms with van der Waals surface area (Å²) in [6, 6.07) is 29.3. The molecule has 254 valence electrons. The van der Waals surface area contributed by atoms with E-state index in [1.54, 1.807) is 0 Å². The number of hydrogen-bond donors (Lipinski definition) is 2.